The Morgan fingerprint density at radius 2 is 1.62 bits per heavy atom. The van der Waals surface area contributed by atoms with Gasteiger partial charge in [0.15, 0.2) is 12.1 Å². The molecular formula is C4H6O4. The smallest absolute Gasteiger partial charge is 0.290 e. The number of ketones is 1. The minimum absolute atomic E-state index is 0.250. The number of Topliss-reactive ketones (excluding diaryl/α,β-unsaturated/α-hetero) is 1. The summed E-state index contributed by atoms with van der Waals surface area (Å²) in [6.07, 6.45) is 0.278. The maximum Gasteiger partial charge on any atom is 0.290 e. The Morgan fingerprint density at radius 3 is 1.62 bits per heavy atom. The van der Waals surface area contributed by atoms with Gasteiger partial charge in [0.2, 0.25) is 0 Å². The summed E-state index contributed by atoms with van der Waals surface area (Å²) < 4.78 is 0. The minimum Gasteiger partial charge on any atom is -0.483 e. The molecule has 0 rings (SSSR count). The van der Waals surface area contributed by atoms with Gasteiger partial charge in [0.05, 0.1) is 0 Å². The lowest BCUT2D eigenvalue weighted by Gasteiger charge is -1.57. The fraction of sp³-hybridized carbons (Fsp3) is 0.250. The van der Waals surface area contributed by atoms with Gasteiger partial charge in [-0.15, -0.1) is 0 Å². The third-order valence-electron chi connectivity index (χ3n) is 0.166. The molecule has 0 spiro atoms. The predicted octanol–water partition coefficient (Wildman–Crippen LogP) is -0.525. The average Bonchev–Trinajstić information content (AvgIpc) is 1.69. The molecule has 1 N–H and O–H groups in total. The zero-order valence-electron chi connectivity index (χ0n) is 4.33. The normalized spacial score (nSPS) is 5.62. The van der Waals surface area contributed by atoms with Crippen molar-refractivity contribution in [3.63, 3.8) is 0 Å². The van der Waals surface area contributed by atoms with E-state index in [1.165, 1.54) is 6.92 Å². The first-order chi connectivity index (χ1) is 3.68. The van der Waals surface area contributed by atoms with Gasteiger partial charge in [0, 0.05) is 6.92 Å². The summed E-state index contributed by atoms with van der Waals surface area (Å²) in [5, 5.41) is 6.89. The summed E-state index contributed by atoms with van der Waals surface area (Å²) in [5.74, 6) is -0.426. The molecule has 0 heterocycles. The third kappa shape index (κ3) is 106. The SMILES string of the molecule is CC(=O)C=O.O=CO. The first kappa shape index (κ1) is 9.94. The second kappa shape index (κ2) is 9.26. The molecule has 0 atom stereocenters. The highest BCUT2D eigenvalue weighted by Gasteiger charge is 1.76. The standard InChI is InChI=1S/C3H4O2.CH2O2/c1-3(5)2-4;2-1-3/h2H,1H3;1H,(H,2,3). The first-order valence-corrected chi connectivity index (χ1v) is 1.72. The van der Waals surface area contributed by atoms with Crippen LogP contribution >= 0.6 is 0 Å². The fourth-order valence-electron chi connectivity index (χ4n) is 0. The van der Waals surface area contributed by atoms with Gasteiger partial charge in [0.25, 0.3) is 6.47 Å². The van der Waals surface area contributed by atoms with Crippen LogP contribution in [0.1, 0.15) is 6.92 Å². The van der Waals surface area contributed by atoms with Crippen LogP contribution in [0, 0.1) is 0 Å². The average molecular weight is 118 g/mol. The molecule has 0 saturated carbocycles. The van der Waals surface area contributed by atoms with E-state index in [9.17, 15) is 4.79 Å². The Balaban J connectivity index is 0. The van der Waals surface area contributed by atoms with E-state index in [0.29, 0.717) is 0 Å². The minimum atomic E-state index is -0.426. The number of rotatable bonds is 1. The van der Waals surface area contributed by atoms with E-state index < -0.39 is 5.78 Å². The van der Waals surface area contributed by atoms with Gasteiger partial charge in [-0.05, 0) is 0 Å². The molecule has 8 heavy (non-hydrogen) atoms. The lowest BCUT2D eigenvalue weighted by Crippen LogP contribution is -1.85. The van der Waals surface area contributed by atoms with Gasteiger partial charge in [-0.1, -0.05) is 0 Å². The summed E-state index contributed by atoms with van der Waals surface area (Å²) in [4.78, 5) is 27.0. The Labute approximate surface area is 46.1 Å². The van der Waals surface area contributed by atoms with Crippen molar-refractivity contribution in [1.82, 2.24) is 0 Å². The van der Waals surface area contributed by atoms with Gasteiger partial charge in [0.1, 0.15) is 0 Å². The molecule has 0 bridgehead atoms. The molecule has 0 aliphatic heterocycles. The summed E-state index contributed by atoms with van der Waals surface area (Å²) in [6, 6.07) is 0. The van der Waals surface area contributed by atoms with E-state index in [2.05, 4.69) is 0 Å². The number of carboxylic acid groups (broad SMARTS) is 1. The van der Waals surface area contributed by atoms with Crippen molar-refractivity contribution in [1.29, 1.82) is 0 Å². The lowest BCUT2D eigenvalue weighted by molar-refractivity contribution is -0.128. The summed E-state index contributed by atoms with van der Waals surface area (Å²) in [7, 11) is 0. The van der Waals surface area contributed by atoms with Gasteiger partial charge >= 0.3 is 0 Å². The van der Waals surface area contributed by atoms with Crippen LogP contribution in [0.15, 0.2) is 0 Å². The third-order valence-corrected chi connectivity index (χ3v) is 0.166. The molecule has 0 aliphatic carbocycles. The molecule has 4 heteroatoms. The van der Waals surface area contributed by atoms with E-state index in [0.717, 1.165) is 0 Å². The van der Waals surface area contributed by atoms with Crippen LogP contribution in [0.25, 0.3) is 0 Å². The van der Waals surface area contributed by atoms with E-state index in [-0.39, 0.29) is 12.8 Å². The van der Waals surface area contributed by atoms with Crippen molar-refractivity contribution in [2.75, 3.05) is 0 Å². The van der Waals surface area contributed by atoms with Crippen molar-refractivity contribution in [3.05, 3.63) is 0 Å². The van der Waals surface area contributed by atoms with Gasteiger partial charge in [-0.25, -0.2) is 0 Å². The number of carbonyl (C=O) groups excluding carboxylic acids is 2. The lowest BCUT2D eigenvalue weighted by atomic mass is 10.5. The molecule has 4 nitrogen and oxygen atoms in total. The van der Waals surface area contributed by atoms with Crippen LogP contribution in [0.2, 0.25) is 0 Å². The Kier molecular flexibility index (Phi) is 11.5. The molecule has 0 unspecified atom stereocenters. The van der Waals surface area contributed by atoms with Crippen molar-refractivity contribution in [2.45, 2.75) is 6.92 Å². The molecular weight excluding hydrogens is 112 g/mol. The molecule has 0 radical (unpaired) electrons. The number of hydrogen-bond acceptors (Lipinski definition) is 3. The van der Waals surface area contributed by atoms with Crippen LogP contribution in [0.4, 0.5) is 0 Å². The molecule has 0 fully saturated rings. The fourth-order valence-corrected chi connectivity index (χ4v) is 0. The van der Waals surface area contributed by atoms with E-state index >= 15 is 0 Å². The van der Waals surface area contributed by atoms with E-state index in [1.807, 2.05) is 0 Å². The van der Waals surface area contributed by atoms with E-state index in [1.54, 1.807) is 0 Å². The quantitative estimate of drug-likeness (QED) is 0.371. The van der Waals surface area contributed by atoms with Crippen LogP contribution in [0.3, 0.4) is 0 Å². The Morgan fingerprint density at radius 1 is 1.50 bits per heavy atom. The van der Waals surface area contributed by atoms with Gasteiger partial charge < -0.3 is 5.11 Å². The second-order valence-corrected chi connectivity index (χ2v) is 0.834. The van der Waals surface area contributed by atoms with Crippen molar-refractivity contribution < 1.29 is 19.5 Å². The zero-order chi connectivity index (χ0) is 6.99. The first-order valence-electron chi connectivity index (χ1n) is 1.72. The highest BCUT2D eigenvalue weighted by atomic mass is 16.3. The molecule has 46 valence electrons. The number of aldehydes is 1. The summed E-state index contributed by atoms with van der Waals surface area (Å²) in [6.45, 7) is 0.965. The molecule has 0 aliphatic rings. The Bertz CT molecular complexity index is 86.0. The van der Waals surface area contributed by atoms with Crippen LogP contribution in [-0.4, -0.2) is 23.6 Å². The number of carbonyl (C=O) groups is 3. The molecule has 0 amide bonds. The molecule has 0 saturated heterocycles. The summed E-state index contributed by atoms with van der Waals surface area (Å²) >= 11 is 0. The highest BCUT2D eigenvalue weighted by Crippen LogP contribution is 1.48. The molecule has 0 aromatic heterocycles. The van der Waals surface area contributed by atoms with Crippen molar-refractivity contribution in [2.24, 2.45) is 0 Å². The van der Waals surface area contributed by atoms with Crippen LogP contribution < -0.4 is 0 Å². The van der Waals surface area contributed by atoms with Gasteiger partial charge in [-0.2, -0.15) is 0 Å². The largest absolute Gasteiger partial charge is 0.483 e. The molecule has 0 aromatic rings. The second-order valence-electron chi connectivity index (χ2n) is 0.834. The van der Waals surface area contributed by atoms with Crippen molar-refractivity contribution >= 4 is 18.5 Å². The maximum atomic E-state index is 9.44. The predicted molar refractivity (Wildman–Crippen MR) is 25.4 cm³/mol. The van der Waals surface area contributed by atoms with E-state index in [4.69, 9.17) is 14.7 Å². The Hall–Kier alpha value is -1.19. The maximum absolute atomic E-state index is 9.44. The number of hydrogen-bond donors (Lipinski definition) is 1. The molecule has 0 aromatic carbocycles. The van der Waals surface area contributed by atoms with Crippen LogP contribution in [0.5, 0.6) is 0 Å². The summed E-state index contributed by atoms with van der Waals surface area (Å²) in [5.41, 5.74) is 0. The van der Waals surface area contributed by atoms with Crippen molar-refractivity contribution in [3.8, 4) is 0 Å². The monoisotopic (exact) mass is 118 g/mol. The van der Waals surface area contributed by atoms with Crippen LogP contribution in [-0.2, 0) is 14.4 Å². The van der Waals surface area contributed by atoms with Gasteiger partial charge in [-0.3, -0.25) is 14.4 Å². The zero-order valence-corrected chi connectivity index (χ0v) is 4.33. The highest BCUT2D eigenvalue weighted by molar-refractivity contribution is 6.23. The topological polar surface area (TPSA) is 71.4 Å².